The summed E-state index contributed by atoms with van der Waals surface area (Å²) in [5.41, 5.74) is -0.194. The Morgan fingerprint density at radius 2 is 2.08 bits per heavy atom. The predicted molar refractivity (Wildman–Crippen MR) is 49.0 cm³/mol. The second-order valence-corrected chi connectivity index (χ2v) is 3.52. The minimum atomic E-state index is -0.194. The van der Waals surface area contributed by atoms with E-state index >= 15 is 0 Å². The van der Waals surface area contributed by atoms with E-state index in [9.17, 15) is 0 Å². The SMILES string of the molecule is CC(=NCCC#N)OC(C)(C)C. The number of aliphatic imine (C=N–C) groups is 1. The molecule has 3 heteroatoms. The molecule has 0 saturated carbocycles. The van der Waals surface area contributed by atoms with Crippen molar-refractivity contribution >= 4 is 5.90 Å². The Kier molecular flexibility index (Phi) is 4.35. The van der Waals surface area contributed by atoms with E-state index in [0.717, 1.165) is 0 Å². The Morgan fingerprint density at radius 1 is 1.50 bits per heavy atom. The molecular formula is C9H16N2O. The van der Waals surface area contributed by atoms with Crippen LogP contribution in [0.25, 0.3) is 0 Å². The number of nitriles is 1. The number of rotatable bonds is 2. The van der Waals surface area contributed by atoms with Gasteiger partial charge >= 0.3 is 0 Å². The van der Waals surface area contributed by atoms with Crippen LogP contribution in [0.1, 0.15) is 34.1 Å². The molecule has 12 heavy (non-hydrogen) atoms. The van der Waals surface area contributed by atoms with Crippen LogP contribution in [0.5, 0.6) is 0 Å². The fourth-order valence-corrected chi connectivity index (χ4v) is 0.739. The van der Waals surface area contributed by atoms with Crippen molar-refractivity contribution in [3.63, 3.8) is 0 Å². The first-order valence-corrected chi connectivity index (χ1v) is 4.03. The Bertz CT molecular complexity index is 196. The zero-order valence-electron chi connectivity index (χ0n) is 8.22. The molecule has 0 heterocycles. The standard InChI is InChI=1S/C9H16N2O/c1-8(11-7-5-6-10)12-9(2,3)4/h5,7H2,1-4H3. The third-order valence-corrected chi connectivity index (χ3v) is 1.01. The molecule has 0 atom stereocenters. The van der Waals surface area contributed by atoms with Gasteiger partial charge < -0.3 is 4.74 Å². The quantitative estimate of drug-likeness (QED) is 0.360. The van der Waals surface area contributed by atoms with Crippen LogP contribution in [-0.2, 0) is 4.74 Å². The van der Waals surface area contributed by atoms with Gasteiger partial charge in [-0.3, -0.25) is 4.99 Å². The molecule has 0 N–H and O–H groups in total. The average molecular weight is 168 g/mol. The Balaban J connectivity index is 3.80. The van der Waals surface area contributed by atoms with Crippen molar-refractivity contribution in [2.24, 2.45) is 4.99 Å². The van der Waals surface area contributed by atoms with Gasteiger partial charge in [0.05, 0.1) is 19.0 Å². The number of ether oxygens (including phenoxy) is 1. The van der Waals surface area contributed by atoms with Gasteiger partial charge in [-0.2, -0.15) is 5.26 Å². The van der Waals surface area contributed by atoms with Gasteiger partial charge in [0, 0.05) is 6.92 Å². The van der Waals surface area contributed by atoms with Crippen LogP contribution in [0.4, 0.5) is 0 Å². The van der Waals surface area contributed by atoms with Crippen molar-refractivity contribution in [2.45, 2.75) is 39.7 Å². The maximum Gasteiger partial charge on any atom is 0.180 e. The molecule has 0 unspecified atom stereocenters. The van der Waals surface area contributed by atoms with Gasteiger partial charge in [-0.15, -0.1) is 0 Å². The van der Waals surface area contributed by atoms with Crippen molar-refractivity contribution in [3.8, 4) is 6.07 Å². The first kappa shape index (κ1) is 11.0. The van der Waals surface area contributed by atoms with Crippen molar-refractivity contribution < 1.29 is 4.74 Å². The fourth-order valence-electron chi connectivity index (χ4n) is 0.739. The minimum Gasteiger partial charge on any atom is -0.476 e. The van der Waals surface area contributed by atoms with E-state index in [2.05, 4.69) is 4.99 Å². The van der Waals surface area contributed by atoms with E-state index in [-0.39, 0.29) is 5.60 Å². The highest BCUT2D eigenvalue weighted by Crippen LogP contribution is 2.07. The largest absolute Gasteiger partial charge is 0.476 e. The summed E-state index contributed by atoms with van der Waals surface area (Å²) in [6.45, 7) is 8.24. The molecule has 0 radical (unpaired) electrons. The summed E-state index contributed by atoms with van der Waals surface area (Å²) in [6, 6.07) is 2.02. The molecule has 0 aliphatic carbocycles. The summed E-state index contributed by atoms with van der Waals surface area (Å²) in [6.07, 6.45) is 0.449. The molecule has 0 aliphatic heterocycles. The number of hydrogen-bond donors (Lipinski definition) is 0. The Labute approximate surface area is 74.1 Å². The van der Waals surface area contributed by atoms with E-state index in [1.807, 2.05) is 33.8 Å². The van der Waals surface area contributed by atoms with Gasteiger partial charge in [0.2, 0.25) is 0 Å². The molecule has 0 amide bonds. The van der Waals surface area contributed by atoms with E-state index < -0.39 is 0 Å². The lowest BCUT2D eigenvalue weighted by Crippen LogP contribution is -2.22. The summed E-state index contributed by atoms with van der Waals surface area (Å²) in [5.74, 6) is 0.651. The summed E-state index contributed by atoms with van der Waals surface area (Å²) < 4.78 is 5.42. The zero-order valence-corrected chi connectivity index (χ0v) is 8.22. The van der Waals surface area contributed by atoms with Crippen LogP contribution in [-0.4, -0.2) is 18.0 Å². The minimum absolute atomic E-state index is 0.194. The highest BCUT2D eigenvalue weighted by molar-refractivity contribution is 5.73. The second kappa shape index (κ2) is 4.76. The van der Waals surface area contributed by atoms with E-state index in [4.69, 9.17) is 10.00 Å². The predicted octanol–water partition coefficient (Wildman–Crippen LogP) is 2.13. The topological polar surface area (TPSA) is 45.4 Å². The Hall–Kier alpha value is -1.04. The molecule has 0 aliphatic rings. The van der Waals surface area contributed by atoms with Crippen LogP contribution in [0.3, 0.4) is 0 Å². The van der Waals surface area contributed by atoms with Gasteiger partial charge in [0.1, 0.15) is 5.60 Å². The van der Waals surface area contributed by atoms with Crippen LogP contribution >= 0.6 is 0 Å². The van der Waals surface area contributed by atoms with Crippen molar-refractivity contribution in [1.82, 2.24) is 0 Å². The lowest BCUT2D eigenvalue weighted by Gasteiger charge is -2.20. The van der Waals surface area contributed by atoms with Gasteiger partial charge in [0.15, 0.2) is 5.90 Å². The second-order valence-electron chi connectivity index (χ2n) is 3.52. The van der Waals surface area contributed by atoms with E-state index in [1.54, 1.807) is 0 Å². The molecule has 3 nitrogen and oxygen atoms in total. The van der Waals surface area contributed by atoms with E-state index in [1.165, 1.54) is 0 Å². The third kappa shape index (κ3) is 7.07. The van der Waals surface area contributed by atoms with Crippen LogP contribution in [0.2, 0.25) is 0 Å². The molecule has 0 aromatic rings. The first-order chi connectivity index (χ1) is 5.45. The van der Waals surface area contributed by atoms with Crippen molar-refractivity contribution in [1.29, 1.82) is 5.26 Å². The molecule has 0 rings (SSSR count). The van der Waals surface area contributed by atoms with Crippen LogP contribution in [0.15, 0.2) is 4.99 Å². The van der Waals surface area contributed by atoms with Crippen molar-refractivity contribution in [2.75, 3.05) is 6.54 Å². The van der Waals surface area contributed by atoms with Crippen LogP contribution < -0.4 is 0 Å². The van der Waals surface area contributed by atoms with Gasteiger partial charge in [-0.25, -0.2) is 0 Å². The van der Waals surface area contributed by atoms with Gasteiger partial charge in [0.25, 0.3) is 0 Å². The highest BCUT2D eigenvalue weighted by atomic mass is 16.5. The monoisotopic (exact) mass is 168 g/mol. The molecule has 0 saturated heterocycles. The van der Waals surface area contributed by atoms with Crippen molar-refractivity contribution in [3.05, 3.63) is 0 Å². The summed E-state index contributed by atoms with van der Waals surface area (Å²) in [7, 11) is 0. The van der Waals surface area contributed by atoms with Gasteiger partial charge in [-0.1, -0.05) is 0 Å². The smallest absolute Gasteiger partial charge is 0.180 e. The molecule has 0 bridgehead atoms. The lowest BCUT2D eigenvalue weighted by atomic mass is 10.2. The summed E-state index contributed by atoms with van der Waals surface area (Å²) in [4.78, 5) is 4.07. The summed E-state index contributed by atoms with van der Waals surface area (Å²) >= 11 is 0. The zero-order chi connectivity index (χ0) is 9.61. The average Bonchev–Trinajstić information content (AvgIpc) is 1.84. The lowest BCUT2D eigenvalue weighted by molar-refractivity contribution is 0.115. The normalized spacial score (nSPS) is 12.4. The highest BCUT2D eigenvalue weighted by Gasteiger charge is 2.11. The number of nitrogens with zero attached hydrogens (tertiary/aromatic N) is 2. The van der Waals surface area contributed by atoms with Crippen LogP contribution in [0, 0.1) is 11.3 Å². The van der Waals surface area contributed by atoms with Gasteiger partial charge in [-0.05, 0) is 20.8 Å². The third-order valence-electron chi connectivity index (χ3n) is 1.01. The molecule has 0 aromatic carbocycles. The maximum atomic E-state index is 8.25. The molecule has 0 spiro atoms. The first-order valence-electron chi connectivity index (χ1n) is 4.03. The van der Waals surface area contributed by atoms with E-state index in [0.29, 0.717) is 18.9 Å². The molecular weight excluding hydrogens is 152 g/mol. The summed E-state index contributed by atoms with van der Waals surface area (Å²) in [5, 5.41) is 8.25. The fraction of sp³-hybridized carbons (Fsp3) is 0.778. The Morgan fingerprint density at radius 3 is 2.50 bits per heavy atom. The molecule has 68 valence electrons. The maximum absolute atomic E-state index is 8.25. The molecule has 0 fully saturated rings. The molecule has 0 aromatic heterocycles. The number of hydrogen-bond acceptors (Lipinski definition) is 3.